The second kappa shape index (κ2) is 10.9. The summed E-state index contributed by atoms with van der Waals surface area (Å²) in [6.45, 7) is 2.94. The van der Waals surface area contributed by atoms with Crippen LogP contribution in [0.1, 0.15) is 22.7 Å². The molecule has 0 aliphatic carbocycles. The van der Waals surface area contributed by atoms with Crippen molar-refractivity contribution in [2.75, 3.05) is 33.2 Å². The zero-order chi connectivity index (χ0) is 20.1. The van der Waals surface area contributed by atoms with Crippen LogP contribution in [0, 0.1) is 12.8 Å². The number of aromatic nitrogens is 1. The third kappa shape index (κ3) is 6.99. The normalized spacial score (nSPS) is 17.2. The van der Waals surface area contributed by atoms with Crippen molar-refractivity contribution in [1.29, 1.82) is 0 Å². The smallest absolute Gasteiger partial charge is 0.356 e. The summed E-state index contributed by atoms with van der Waals surface area (Å²) in [5, 5.41) is 7.35. The van der Waals surface area contributed by atoms with E-state index in [0.717, 1.165) is 16.3 Å². The second-order valence-electron chi connectivity index (χ2n) is 6.29. The molecular weight excluding hydrogens is 530 g/mol. The van der Waals surface area contributed by atoms with Gasteiger partial charge in [0.25, 0.3) is 0 Å². The Kier molecular flexibility index (Phi) is 9.89. The van der Waals surface area contributed by atoms with Gasteiger partial charge in [-0.05, 0) is 25.7 Å². The summed E-state index contributed by atoms with van der Waals surface area (Å²) < 4.78 is 61.1. The van der Waals surface area contributed by atoms with E-state index in [0.29, 0.717) is 36.2 Å². The number of alkyl halides is 3. The summed E-state index contributed by atoms with van der Waals surface area (Å²) in [4.78, 5) is 9.56. The number of hydrogen-bond donors (Lipinski definition) is 2. The lowest BCUT2D eigenvalue weighted by Crippen LogP contribution is -2.47. The van der Waals surface area contributed by atoms with Crippen LogP contribution in [0.3, 0.4) is 0 Å². The highest BCUT2D eigenvalue weighted by molar-refractivity contribution is 14.0. The summed E-state index contributed by atoms with van der Waals surface area (Å²) in [7, 11) is -3.58. The van der Waals surface area contributed by atoms with Gasteiger partial charge in [0.15, 0.2) is 5.96 Å². The topological polar surface area (TPSA) is 86.7 Å². The van der Waals surface area contributed by atoms with Crippen LogP contribution >= 0.6 is 35.3 Å². The maximum absolute atomic E-state index is 12.6. The van der Waals surface area contributed by atoms with Gasteiger partial charge in [0.1, 0.15) is 0 Å². The molecule has 1 saturated heterocycles. The fourth-order valence-corrected chi connectivity index (χ4v) is 4.54. The summed E-state index contributed by atoms with van der Waals surface area (Å²) in [6.07, 6.45) is 3.35. The van der Waals surface area contributed by atoms with Crippen LogP contribution in [0.2, 0.25) is 0 Å². The molecule has 0 amide bonds. The molecule has 1 aliphatic heterocycles. The molecule has 2 heterocycles. The molecule has 0 unspecified atom stereocenters. The molecule has 1 fully saturated rings. The summed E-state index contributed by atoms with van der Waals surface area (Å²) in [6, 6.07) is 0. The van der Waals surface area contributed by atoms with Gasteiger partial charge < -0.3 is 10.6 Å². The van der Waals surface area contributed by atoms with Crippen molar-refractivity contribution in [3.63, 3.8) is 0 Å². The Labute approximate surface area is 184 Å². The average Bonchev–Trinajstić information content (AvgIpc) is 3.02. The standard InChI is InChI=1S/C15H24F3N5O2S2.HI/c1-11-9-21-13(26-11)3-6-20-14(19-2)22-10-12-4-7-23(8-5-12)27(24,25)15(16,17)18;/h9,12H,3-8,10H2,1-2H3,(H2,19,20,22);1H. The number of hydrogen-bond acceptors (Lipinski definition) is 5. The molecule has 2 rings (SSSR count). The lowest BCUT2D eigenvalue weighted by atomic mass is 9.98. The van der Waals surface area contributed by atoms with Crippen LogP contribution in [0.15, 0.2) is 11.2 Å². The van der Waals surface area contributed by atoms with Crippen molar-refractivity contribution in [1.82, 2.24) is 19.9 Å². The highest BCUT2D eigenvalue weighted by Gasteiger charge is 2.50. The third-order valence-corrected chi connectivity index (χ3v) is 6.89. The van der Waals surface area contributed by atoms with Crippen molar-refractivity contribution in [3.05, 3.63) is 16.1 Å². The highest BCUT2D eigenvalue weighted by Crippen LogP contribution is 2.30. The Morgan fingerprint density at radius 1 is 1.36 bits per heavy atom. The van der Waals surface area contributed by atoms with Gasteiger partial charge >= 0.3 is 15.5 Å². The predicted octanol–water partition coefficient (Wildman–Crippen LogP) is 2.34. The van der Waals surface area contributed by atoms with E-state index < -0.39 is 15.5 Å². The van der Waals surface area contributed by atoms with Crippen LogP contribution in [-0.2, 0) is 16.4 Å². The van der Waals surface area contributed by atoms with Crippen molar-refractivity contribution >= 4 is 51.3 Å². The van der Waals surface area contributed by atoms with Gasteiger partial charge in [-0.15, -0.1) is 35.3 Å². The number of halogens is 4. The minimum atomic E-state index is -5.24. The van der Waals surface area contributed by atoms with E-state index in [1.807, 2.05) is 13.1 Å². The second-order valence-corrected chi connectivity index (χ2v) is 9.54. The first-order chi connectivity index (χ1) is 12.6. The van der Waals surface area contributed by atoms with Gasteiger partial charge in [0.2, 0.25) is 0 Å². The number of piperidine rings is 1. The van der Waals surface area contributed by atoms with Gasteiger partial charge in [-0.1, -0.05) is 0 Å². The number of nitrogens with one attached hydrogen (secondary N) is 2. The Bertz CT molecular complexity index is 747. The highest BCUT2D eigenvalue weighted by atomic mass is 127. The predicted molar refractivity (Wildman–Crippen MR) is 115 cm³/mol. The molecule has 0 saturated carbocycles. The van der Waals surface area contributed by atoms with Crippen LogP contribution in [-0.4, -0.2) is 62.4 Å². The fraction of sp³-hybridized carbons (Fsp3) is 0.733. The van der Waals surface area contributed by atoms with Gasteiger partial charge in [0, 0.05) is 50.7 Å². The van der Waals surface area contributed by atoms with E-state index >= 15 is 0 Å². The first-order valence-electron chi connectivity index (χ1n) is 8.55. The summed E-state index contributed by atoms with van der Waals surface area (Å²) >= 11 is 1.64. The molecule has 0 aromatic carbocycles. The quantitative estimate of drug-likeness (QED) is 0.320. The Hall–Kier alpha value is -0.670. The molecule has 0 atom stereocenters. The zero-order valence-electron chi connectivity index (χ0n) is 15.6. The number of rotatable bonds is 6. The molecule has 1 aromatic heterocycles. The molecule has 28 heavy (non-hydrogen) atoms. The molecule has 2 N–H and O–H groups in total. The summed E-state index contributed by atoms with van der Waals surface area (Å²) in [5.74, 6) is 0.693. The molecule has 0 bridgehead atoms. The number of nitrogens with zero attached hydrogens (tertiary/aromatic N) is 3. The number of thiazole rings is 1. The molecule has 1 aliphatic rings. The first kappa shape index (κ1) is 25.4. The van der Waals surface area contributed by atoms with Gasteiger partial charge in [-0.25, -0.2) is 13.4 Å². The first-order valence-corrected chi connectivity index (χ1v) is 10.8. The fourth-order valence-electron chi connectivity index (χ4n) is 2.77. The average molecular weight is 555 g/mol. The molecule has 7 nitrogen and oxygen atoms in total. The van der Waals surface area contributed by atoms with Crippen LogP contribution in [0.5, 0.6) is 0 Å². The molecule has 0 radical (unpaired) electrons. The van der Waals surface area contributed by atoms with E-state index in [1.54, 1.807) is 18.4 Å². The minimum Gasteiger partial charge on any atom is -0.356 e. The van der Waals surface area contributed by atoms with Gasteiger partial charge in [-0.3, -0.25) is 4.99 Å². The lowest BCUT2D eigenvalue weighted by molar-refractivity contribution is -0.0496. The van der Waals surface area contributed by atoms with E-state index in [2.05, 4.69) is 20.6 Å². The van der Waals surface area contributed by atoms with Gasteiger partial charge in [0.05, 0.1) is 5.01 Å². The zero-order valence-corrected chi connectivity index (χ0v) is 19.6. The van der Waals surface area contributed by atoms with Crippen molar-refractivity contribution < 1.29 is 21.6 Å². The number of guanidine groups is 1. The molecule has 0 spiro atoms. The number of sulfonamides is 1. The van der Waals surface area contributed by atoms with E-state index in [-0.39, 0.29) is 43.0 Å². The Morgan fingerprint density at radius 2 is 2.00 bits per heavy atom. The van der Waals surface area contributed by atoms with Crippen molar-refractivity contribution in [2.24, 2.45) is 10.9 Å². The molecular formula is C15H25F3IN5O2S2. The molecule has 162 valence electrons. The van der Waals surface area contributed by atoms with Gasteiger partial charge in [-0.2, -0.15) is 17.5 Å². The maximum atomic E-state index is 12.6. The minimum absolute atomic E-state index is 0. The molecule has 13 heteroatoms. The van der Waals surface area contributed by atoms with Crippen LogP contribution < -0.4 is 10.6 Å². The monoisotopic (exact) mass is 555 g/mol. The van der Waals surface area contributed by atoms with Crippen LogP contribution in [0.25, 0.3) is 0 Å². The van der Waals surface area contributed by atoms with E-state index in [1.165, 1.54) is 0 Å². The Morgan fingerprint density at radius 3 is 2.50 bits per heavy atom. The number of aryl methyl sites for hydroxylation is 1. The SMILES string of the molecule is CN=C(NCCc1ncc(C)s1)NCC1CCN(S(=O)(=O)C(F)(F)F)CC1.I. The van der Waals surface area contributed by atoms with Crippen molar-refractivity contribution in [2.45, 2.75) is 31.7 Å². The lowest BCUT2D eigenvalue weighted by Gasteiger charge is -2.31. The summed E-state index contributed by atoms with van der Waals surface area (Å²) in [5.41, 5.74) is -5.24. The van der Waals surface area contributed by atoms with E-state index in [4.69, 9.17) is 0 Å². The van der Waals surface area contributed by atoms with E-state index in [9.17, 15) is 21.6 Å². The third-order valence-electron chi connectivity index (χ3n) is 4.29. The maximum Gasteiger partial charge on any atom is 0.511 e. The Balaban J connectivity index is 0.00000392. The number of aliphatic imine (C=N–C) groups is 1. The molecule has 1 aromatic rings. The van der Waals surface area contributed by atoms with Crippen LogP contribution in [0.4, 0.5) is 13.2 Å². The van der Waals surface area contributed by atoms with Crippen molar-refractivity contribution in [3.8, 4) is 0 Å². The largest absolute Gasteiger partial charge is 0.511 e.